The van der Waals surface area contributed by atoms with Gasteiger partial charge in [0.05, 0.1) is 5.92 Å². The van der Waals surface area contributed by atoms with Crippen LogP contribution in [0.3, 0.4) is 0 Å². The van der Waals surface area contributed by atoms with Gasteiger partial charge in [-0.25, -0.2) is 8.78 Å². The minimum Gasteiger partial charge on any atom is -0.481 e. The molecule has 1 aliphatic rings. The number of rotatable bonds is 2. The average Bonchev–Trinajstić information content (AvgIpc) is 2.92. The predicted molar refractivity (Wildman–Crippen MR) is 49.6 cm³/mol. The third kappa shape index (κ3) is 1.60. The Morgan fingerprint density at radius 3 is 2.67 bits per heavy atom. The number of hydrogen-bond acceptors (Lipinski definition) is 1. The molecule has 80 valence electrons. The standard InChI is InChI=1S/C11H10F2O2/c1-5-2-3-8(12)9(10(5)13)6-4-7(6)11(14)15/h2-3,6-7H,4H2,1H3,(H,14,15). The van der Waals surface area contributed by atoms with Gasteiger partial charge in [0.2, 0.25) is 0 Å². The summed E-state index contributed by atoms with van der Waals surface area (Å²) in [6.07, 6.45) is 0.326. The van der Waals surface area contributed by atoms with Crippen LogP contribution in [-0.2, 0) is 4.79 Å². The molecule has 0 radical (unpaired) electrons. The highest BCUT2D eigenvalue weighted by atomic mass is 19.1. The van der Waals surface area contributed by atoms with Crippen molar-refractivity contribution in [3.8, 4) is 0 Å². The molecule has 4 heteroatoms. The van der Waals surface area contributed by atoms with E-state index >= 15 is 0 Å². The smallest absolute Gasteiger partial charge is 0.307 e. The Morgan fingerprint density at radius 1 is 1.47 bits per heavy atom. The van der Waals surface area contributed by atoms with E-state index in [1.54, 1.807) is 0 Å². The highest BCUT2D eigenvalue weighted by Gasteiger charge is 2.47. The molecule has 1 fully saturated rings. The molecule has 1 N–H and O–H groups in total. The van der Waals surface area contributed by atoms with Crippen LogP contribution in [0.4, 0.5) is 8.78 Å². The van der Waals surface area contributed by atoms with Crippen molar-refractivity contribution in [2.75, 3.05) is 0 Å². The lowest BCUT2D eigenvalue weighted by atomic mass is 10.0. The van der Waals surface area contributed by atoms with Crippen molar-refractivity contribution in [3.05, 3.63) is 34.9 Å². The molecule has 2 atom stereocenters. The molecule has 0 aromatic heterocycles. The molecule has 2 unspecified atom stereocenters. The van der Waals surface area contributed by atoms with Crippen molar-refractivity contribution in [1.82, 2.24) is 0 Å². The molecule has 2 rings (SSSR count). The van der Waals surface area contributed by atoms with Gasteiger partial charge in [-0.05, 0) is 25.0 Å². The van der Waals surface area contributed by atoms with E-state index in [-0.39, 0.29) is 5.56 Å². The van der Waals surface area contributed by atoms with Gasteiger partial charge in [0.25, 0.3) is 0 Å². The minimum absolute atomic E-state index is 0.0672. The van der Waals surface area contributed by atoms with Gasteiger partial charge >= 0.3 is 5.97 Å². The Balaban J connectivity index is 2.38. The van der Waals surface area contributed by atoms with Gasteiger partial charge in [-0.1, -0.05) is 6.07 Å². The van der Waals surface area contributed by atoms with Crippen LogP contribution in [0.1, 0.15) is 23.5 Å². The van der Waals surface area contributed by atoms with Crippen LogP contribution in [0.5, 0.6) is 0 Å². The van der Waals surface area contributed by atoms with Crippen molar-refractivity contribution in [2.45, 2.75) is 19.3 Å². The summed E-state index contributed by atoms with van der Waals surface area (Å²) < 4.78 is 26.9. The molecule has 0 amide bonds. The van der Waals surface area contributed by atoms with E-state index in [0.29, 0.717) is 12.0 Å². The first-order valence-corrected chi connectivity index (χ1v) is 4.69. The molecule has 1 aliphatic carbocycles. The Labute approximate surface area is 85.5 Å². The molecule has 1 saturated carbocycles. The topological polar surface area (TPSA) is 37.3 Å². The third-order valence-electron chi connectivity index (χ3n) is 2.80. The third-order valence-corrected chi connectivity index (χ3v) is 2.80. The molecule has 0 saturated heterocycles. The van der Waals surface area contributed by atoms with E-state index in [9.17, 15) is 13.6 Å². The normalized spacial score (nSPS) is 23.9. The van der Waals surface area contributed by atoms with Crippen molar-refractivity contribution < 1.29 is 18.7 Å². The van der Waals surface area contributed by atoms with Crippen molar-refractivity contribution >= 4 is 5.97 Å². The van der Waals surface area contributed by atoms with Crippen LogP contribution in [0.2, 0.25) is 0 Å². The van der Waals surface area contributed by atoms with Crippen LogP contribution >= 0.6 is 0 Å². The SMILES string of the molecule is Cc1ccc(F)c(C2CC2C(=O)O)c1F. The molecule has 1 aromatic carbocycles. The maximum atomic E-state index is 13.6. The molecule has 0 spiro atoms. The molecular weight excluding hydrogens is 202 g/mol. The number of carboxylic acid groups (broad SMARTS) is 1. The molecule has 15 heavy (non-hydrogen) atoms. The highest BCUT2D eigenvalue weighted by molar-refractivity contribution is 5.75. The summed E-state index contributed by atoms with van der Waals surface area (Å²) in [5.74, 6) is -3.37. The van der Waals surface area contributed by atoms with Gasteiger partial charge in [0, 0.05) is 11.5 Å². The Morgan fingerprint density at radius 2 is 2.13 bits per heavy atom. The summed E-state index contributed by atoms with van der Waals surface area (Å²) >= 11 is 0. The Kier molecular flexibility index (Phi) is 2.21. The maximum Gasteiger partial charge on any atom is 0.307 e. The van der Waals surface area contributed by atoms with E-state index < -0.39 is 29.4 Å². The summed E-state index contributed by atoms with van der Waals surface area (Å²) in [4.78, 5) is 10.6. The van der Waals surface area contributed by atoms with Gasteiger partial charge in [-0.3, -0.25) is 4.79 Å². The van der Waals surface area contributed by atoms with Gasteiger partial charge in [0.15, 0.2) is 0 Å². The molecule has 0 aliphatic heterocycles. The number of hydrogen-bond donors (Lipinski definition) is 1. The lowest BCUT2D eigenvalue weighted by Gasteiger charge is -2.05. The first kappa shape index (κ1) is 10.1. The second kappa shape index (κ2) is 3.29. The zero-order valence-corrected chi connectivity index (χ0v) is 8.13. The lowest BCUT2D eigenvalue weighted by molar-refractivity contribution is -0.138. The minimum atomic E-state index is -0.986. The fraction of sp³-hybridized carbons (Fsp3) is 0.364. The average molecular weight is 212 g/mol. The first-order valence-electron chi connectivity index (χ1n) is 4.69. The van der Waals surface area contributed by atoms with E-state index in [1.807, 2.05) is 0 Å². The first-order chi connectivity index (χ1) is 7.02. The largest absolute Gasteiger partial charge is 0.481 e. The maximum absolute atomic E-state index is 13.6. The van der Waals surface area contributed by atoms with E-state index in [1.165, 1.54) is 19.1 Å². The number of carboxylic acids is 1. The van der Waals surface area contributed by atoms with Crippen LogP contribution in [0.25, 0.3) is 0 Å². The second-order valence-electron chi connectivity index (χ2n) is 3.88. The summed E-state index contributed by atoms with van der Waals surface area (Å²) in [7, 11) is 0. The van der Waals surface area contributed by atoms with Crippen LogP contribution in [-0.4, -0.2) is 11.1 Å². The molecule has 2 nitrogen and oxygen atoms in total. The van der Waals surface area contributed by atoms with Crippen molar-refractivity contribution in [3.63, 3.8) is 0 Å². The Hall–Kier alpha value is -1.45. The predicted octanol–water partition coefficient (Wildman–Crippen LogP) is 2.46. The van der Waals surface area contributed by atoms with Gasteiger partial charge in [-0.15, -0.1) is 0 Å². The lowest BCUT2D eigenvalue weighted by Crippen LogP contribution is -2.03. The Bertz CT molecular complexity index is 429. The number of benzene rings is 1. The number of halogens is 2. The zero-order chi connectivity index (χ0) is 11.2. The van der Waals surface area contributed by atoms with Crippen molar-refractivity contribution in [2.24, 2.45) is 5.92 Å². The fourth-order valence-corrected chi connectivity index (χ4v) is 1.81. The van der Waals surface area contributed by atoms with Crippen LogP contribution in [0, 0.1) is 24.5 Å². The van der Waals surface area contributed by atoms with Crippen molar-refractivity contribution in [1.29, 1.82) is 0 Å². The van der Waals surface area contributed by atoms with E-state index in [2.05, 4.69) is 0 Å². The number of aryl methyl sites for hydroxylation is 1. The zero-order valence-electron chi connectivity index (χ0n) is 8.13. The van der Waals surface area contributed by atoms with E-state index in [0.717, 1.165) is 0 Å². The summed E-state index contributed by atoms with van der Waals surface area (Å²) in [5, 5.41) is 8.69. The number of carbonyl (C=O) groups is 1. The van der Waals surface area contributed by atoms with Gasteiger partial charge < -0.3 is 5.11 Å². The summed E-state index contributed by atoms with van der Waals surface area (Å²) in [6, 6.07) is 2.54. The quantitative estimate of drug-likeness (QED) is 0.817. The molecule has 1 aromatic rings. The van der Waals surface area contributed by atoms with E-state index in [4.69, 9.17) is 5.11 Å². The molecule has 0 heterocycles. The second-order valence-corrected chi connectivity index (χ2v) is 3.88. The van der Waals surface area contributed by atoms with Crippen LogP contribution < -0.4 is 0 Å². The highest BCUT2D eigenvalue weighted by Crippen LogP contribution is 2.49. The van der Waals surface area contributed by atoms with Crippen LogP contribution in [0.15, 0.2) is 12.1 Å². The molecule has 0 bridgehead atoms. The fourth-order valence-electron chi connectivity index (χ4n) is 1.81. The summed E-state index contributed by atoms with van der Waals surface area (Å²) in [6.45, 7) is 1.54. The molecular formula is C11H10F2O2. The number of aliphatic carboxylic acids is 1. The van der Waals surface area contributed by atoms with Gasteiger partial charge in [0.1, 0.15) is 11.6 Å². The monoisotopic (exact) mass is 212 g/mol. The van der Waals surface area contributed by atoms with Gasteiger partial charge in [-0.2, -0.15) is 0 Å². The summed E-state index contributed by atoms with van der Waals surface area (Å²) in [5.41, 5.74) is 0.282.